The van der Waals surface area contributed by atoms with Crippen molar-refractivity contribution < 1.29 is 69.8 Å². The van der Waals surface area contributed by atoms with Crippen molar-refractivity contribution in [3.05, 3.63) is 69.8 Å². The van der Waals surface area contributed by atoms with Crippen LogP contribution >= 0.6 is 30.4 Å². The number of benzene rings is 2. The van der Waals surface area contributed by atoms with Gasteiger partial charge in [-0.1, -0.05) is 36.4 Å². The minimum atomic E-state index is -3.35. The maximum atomic E-state index is 12.9. The highest BCUT2D eigenvalue weighted by molar-refractivity contribution is 7.54. The Bertz CT molecular complexity index is 1410. The van der Waals surface area contributed by atoms with Crippen LogP contribution in [0.1, 0.15) is 33.4 Å². The van der Waals surface area contributed by atoms with Crippen LogP contribution in [0.2, 0.25) is 0 Å². The van der Waals surface area contributed by atoms with Gasteiger partial charge in [0, 0.05) is 70.0 Å². The van der Waals surface area contributed by atoms with Gasteiger partial charge < -0.3 is 51.5 Å². The van der Waals surface area contributed by atoms with E-state index in [0.29, 0.717) is 25.7 Å². The second kappa shape index (κ2) is 22.7. The maximum absolute atomic E-state index is 12.9. The molecule has 2 aromatic carbocycles. The van der Waals surface area contributed by atoms with Crippen molar-refractivity contribution in [2.24, 2.45) is 0 Å². The van der Waals surface area contributed by atoms with Crippen LogP contribution in [0, 0.1) is 0 Å². The van der Waals surface area contributed by atoms with Gasteiger partial charge in [-0.2, -0.15) is 0 Å². The number of rotatable bonds is 28. The van der Waals surface area contributed by atoms with E-state index in [2.05, 4.69) is 0 Å². The highest BCUT2D eigenvalue weighted by Crippen LogP contribution is 2.49. The lowest BCUT2D eigenvalue weighted by atomic mass is 9.95. The molecule has 3 N–H and O–H groups in total. The zero-order valence-corrected chi connectivity index (χ0v) is 36.2. The lowest BCUT2D eigenvalue weighted by molar-refractivity contribution is -0.0569. The smallest absolute Gasteiger partial charge is 0.330 e. The quantitative estimate of drug-likeness (QED) is 0.0902. The average molecular weight is 846 g/mol. The van der Waals surface area contributed by atoms with Gasteiger partial charge in [-0.25, -0.2) is 0 Å². The molecule has 0 saturated carbocycles. The van der Waals surface area contributed by atoms with Crippen LogP contribution in [0.5, 0.6) is 0 Å². The minimum absolute atomic E-state index is 0.0861. The minimum Gasteiger partial charge on any atom is -0.394 e. The fourth-order valence-corrected chi connectivity index (χ4v) is 10.00. The van der Waals surface area contributed by atoms with Gasteiger partial charge in [-0.05, 0) is 59.1 Å². The summed E-state index contributed by atoms with van der Waals surface area (Å²) in [5.74, 6) is 0. The third-order valence-corrected chi connectivity index (χ3v) is 17.0. The molecule has 0 bridgehead atoms. The molecule has 0 atom stereocenters. The monoisotopic (exact) mass is 845 g/mol. The lowest BCUT2D eigenvalue weighted by Crippen LogP contribution is -2.56. The molecule has 0 heterocycles. The van der Waals surface area contributed by atoms with Gasteiger partial charge in [0.25, 0.3) is 0 Å². The molecule has 54 heavy (non-hydrogen) atoms. The molecule has 0 aliphatic heterocycles. The van der Waals surface area contributed by atoms with Gasteiger partial charge in [0.2, 0.25) is 0 Å². The molecule has 2 aromatic rings. The number of aryl methyl sites for hydroxylation is 4. The van der Waals surface area contributed by atoms with Crippen LogP contribution in [0.25, 0.3) is 0 Å². The Balaban J connectivity index is 2.68. The molecule has 310 valence electrons. The fourth-order valence-electron chi connectivity index (χ4n) is 5.81. The molecule has 0 aliphatic rings. The Labute approximate surface area is 319 Å². The molecule has 0 unspecified atom stereocenters. The first kappa shape index (κ1) is 49.0. The van der Waals surface area contributed by atoms with E-state index in [4.69, 9.17) is 36.2 Å². The first-order valence-electron chi connectivity index (χ1n) is 17.2. The third kappa shape index (κ3) is 14.4. The summed E-state index contributed by atoms with van der Waals surface area (Å²) in [6.07, 6.45) is 1.58. The second-order valence-corrected chi connectivity index (χ2v) is 22.3. The molecule has 2 rings (SSSR count). The first-order valence-corrected chi connectivity index (χ1v) is 24.1. The highest BCUT2D eigenvalue weighted by atomic mass is 31.2. The van der Waals surface area contributed by atoms with Crippen LogP contribution in [-0.2, 0) is 93.2 Å². The zero-order valence-electron chi connectivity index (χ0n) is 32.6. The van der Waals surface area contributed by atoms with Gasteiger partial charge in [-0.3, -0.25) is 23.2 Å². The topological polar surface area (TPSA) is 206 Å². The van der Waals surface area contributed by atoms with Gasteiger partial charge in [0.15, 0.2) is 0 Å². The molecule has 20 heteroatoms. The van der Waals surface area contributed by atoms with Crippen molar-refractivity contribution in [2.75, 3.05) is 101 Å². The maximum Gasteiger partial charge on any atom is 0.330 e. The Morgan fingerprint density at radius 1 is 0.426 bits per heavy atom. The second-order valence-electron chi connectivity index (χ2n) is 12.7. The van der Waals surface area contributed by atoms with E-state index in [0.717, 1.165) is 33.4 Å². The Hall–Kier alpha value is -1.12. The molecular formula is C34H59NO15P4. The molecule has 0 saturated heterocycles. The Morgan fingerprint density at radius 2 is 0.630 bits per heavy atom. The fraction of sp³-hybridized carbons (Fsp3) is 0.647. The summed E-state index contributed by atoms with van der Waals surface area (Å²) < 4.78 is 92.8. The van der Waals surface area contributed by atoms with Crippen LogP contribution in [-0.4, -0.2) is 127 Å². The summed E-state index contributed by atoms with van der Waals surface area (Å²) >= 11 is 0. The van der Waals surface area contributed by atoms with E-state index in [1.807, 2.05) is 36.4 Å². The van der Waals surface area contributed by atoms with Gasteiger partial charge in [0.05, 0.1) is 50.0 Å². The molecule has 0 aliphatic carbocycles. The standard InChI is InChI=1S/C34H59NO15P4/c1-43-51(39,44-2)13-9-28-17-29(10-14-52(40,45-3)46-4)20-32(19-28)23-35(34(25-36,26-37)27-38)24-33-21-30(11-15-53(41,47-5)48-6)18-31(22-33)12-16-54(42,49-7)50-8/h17-22,36-38H,9-16,23-27H2,1-8H3. The van der Waals surface area contributed by atoms with E-state index in [-0.39, 0.29) is 37.7 Å². The lowest BCUT2D eigenvalue weighted by Gasteiger charge is -2.40. The van der Waals surface area contributed by atoms with E-state index in [9.17, 15) is 33.6 Å². The normalized spacial score (nSPS) is 13.3. The van der Waals surface area contributed by atoms with E-state index < -0.39 is 55.7 Å². The van der Waals surface area contributed by atoms with Crippen LogP contribution < -0.4 is 0 Å². The average Bonchev–Trinajstić information content (AvgIpc) is 3.20. The number of hydrogen-bond acceptors (Lipinski definition) is 16. The molecular weight excluding hydrogens is 786 g/mol. The molecule has 0 spiro atoms. The van der Waals surface area contributed by atoms with E-state index >= 15 is 0 Å². The van der Waals surface area contributed by atoms with Crippen LogP contribution in [0.15, 0.2) is 36.4 Å². The number of nitrogens with zero attached hydrogens (tertiary/aromatic N) is 1. The van der Waals surface area contributed by atoms with Crippen molar-refractivity contribution in [1.29, 1.82) is 0 Å². The Kier molecular flexibility index (Phi) is 20.6. The molecule has 0 radical (unpaired) electrons. The first-order chi connectivity index (χ1) is 25.5. The van der Waals surface area contributed by atoms with Gasteiger partial charge in [0.1, 0.15) is 0 Å². The van der Waals surface area contributed by atoms with E-state index in [1.54, 1.807) is 4.90 Å². The SMILES string of the molecule is COP(=O)(CCc1cc(CCP(=O)(OC)OC)cc(CN(Cc2cc(CCP(=O)(OC)OC)cc(CCP(=O)(OC)OC)c2)C(CO)(CO)CO)c1)OC. The van der Waals surface area contributed by atoms with Crippen molar-refractivity contribution in [2.45, 2.75) is 44.3 Å². The molecule has 0 aromatic heterocycles. The van der Waals surface area contributed by atoms with Gasteiger partial charge in [-0.15, -0.1) is 0 Å². The van der Waals surface area contributed by atoms with Crippen molar-refractivity contribution in [3.63, 3.8) is 0 Å². The van der Waals surface area contributed by atoms with Crippen molar-refractivity contribution in [3.8, 4) is 0 Å². The van der Waals surface area contributed by atoms with E-state index in [1.165, 1.54) is 56.9 Å². The zero-order chi connectivity index (χ0) is 40.6. The van der Waals surface area contributed by atoms with Crippen LogP contribution in [0.4, 0.5) is 0 Å². The van der Waals surface area contributed by atoms with Crippen LogP contribution in [0.3, 0.4) is 0 Å². The van der Waals surface area contributed by atoms with Crippen molar-refractivity contribution in [1.82, 2.24) is 4.90 Å². The Morgan fingerprint density at radius 3 is 0.815 bits per heavy atom. The summed E-state index contributed by atoms with van der Waals surface area (Å²) in [5.41, 5.74) is 3.04. The van der Waals surface area contributed by atoms with Crippen molar-refractivity contribution >= 4 is 30.4 Å². The molecule has 16 nitrogen and oxygen atoms in total. The number of hydrogen-bond donors (Lipinski definition) is 3. The summed E-state index contributed by atoms with van der Waals surface area (Å²) in [6.45, 7) is -1.54. The third-order valence-electron chi connectivity index (χ3n) is 9.45. The summed E-state index contributed by atoms with van der Waals surface area (Å²) in [4.78, 5) is 1.76. The predicted octanol–water partition coefficient (Wildman–Crippen LogP) is 5.52. The summed E-state index contributed by atoms with van der Waals surface area (Å²) in [5, 5.41) is 31.9. The number of aliphatic hydroxyl groups excluding tert-OH is 3. The summed E-state index contributed by atoms with van der Waals surface area (Å²) in [7, 11) is -2.89. The highest BCUT2D eigenvalue weighted by Gasteiger charge is 2.36. The predicted molar refractivity (Wildman–Crippen MR) is 207 cm³/mol. The molecule has 0 amide bonds. The summed E-state index contributed by atoms with van der Waals surface area (Å²) in [6, 6.07) is 11.3. The largest absolute Gasteiger partial charge is 0.394 e. The van der Waals surface area contributed by atoms with Gasteiger partial charge >= 0.3 is 30.4 Å². The molecule has 0 fully saturated rings. The number of aliphatic hydroxyl groups is 3.